The Morgan fingerprint density at radius 3 is 2.65 bits per heavy atom. The van der Waals surface area contributed by atoms with Crippen LogP contribution in [0.5, 0.6) is 0 Å². The summed E-state index contributed by atoms with van der Waals surface area (Å²) in [6, 6.07) is 3.54. The number of aliphatic hydroxyl groups is 1. The largest absolute Gasteiger partial charge is 0.388 e. The molecule has 1 fully saturated rings. The van der Waals surface area contributed by atoms with Crippen LogP contribution in [0.1, 0.15) is 50.6 Å². The van der Waals surface area contributed by atoms with E-state index >= 15 is 0 Å². The van der Waals surface area contributed by atoms with E-state index in [1.165, 1.54) is 0 Å². The van der Waals surface area contributed by atoms with Crippen molar-refractivity contribution in [2.24, 2.45) is 0 Å². The average molecular weight is 277 g/mol. The number of carbonyl (C=O) groups is 1. The van der Waals surface area contributed by atoms with Gasteiger partial charge in [0.25, 0.3) is 0 Å². The lowest BCUT2D eigenvalue weighted by molar-refractivity contribution is 0.0500. The van der Waals surface area contributed by atoms with Crippen LogP contribution < -0.4 is 10.6 Å². The third kappa shape index (κ3) is 3.93. The Balaban J connectivity index is 1.83. The van der Waals surface area contributed by atoms with Crippen LogP contribution in [0.4, 0.5) is 4.79 Å². The zero-order valence-corrected chi connectivity index (χ0v) is 11.9. The molecule has 1 atom stereocenters. The van der Waals surface area contributed by atoms with E-state index in [2.05, 4.69) is 15.6 Å². The number of amides is 2. The standard InChI is InChI=1S/C15H23N3O2/c1-2-13(12-5-9-16-10-6-12)18-14(19)17-11-15(20)7-3-4-8-15/h5-6,9-10,13,20H,2-4,7-8,11H2,1H3,(H2,17,18,19). The third-order valence-corrected chi connectivity index (χ3v) is 3.93. The summed E-state index contributed by atoms with van der Waals surface area (Å²) >= 11 is 0. The zero-order chi connectivity index (χ0) is 14.4. The van der Waals surface area contributed by atoms with E-state index in [4.69, 9.17) is 0 Å². The van der Waals surface area contributed by atoms with Gasteiger partial charge >= 0.3 is 6.03 Å². The van der Waals surface area contributed by atoms with Gasteiger partial charge in [0.05, 0.1) is 11.6 Å². The lowest BCUT2D eigenvalue weighted by Crippen LogP contribution is -2.45. The molecule has 5 nitrogen and oxygen atoms in total. The quantitative estimate of drug-likeness (QED) is 0.772. The molecule has 0 spiro atoms. The van der Waals surface area contributed by atoms with E-state index in [1.54, 1.807) is 12.4 Å². The SMILES string of the molecule is CCC(NC(=O)NCC1(O)CCCC1)c1ccncc1. The lowest BCUT2D eigenvalue weighted by atomic mass is 10.0. The van der Waals surface area contributed by atoms with E-state index in [0.29, 0.717) is 6.54 Å². The van der Waals surface area contributed by atoms with E-state index in [9.17, 15) is 9.90 Å². The summed E-state index contributed by atoms with van der Waals surface area (Å²) in [7, 11) is 0. The second kappa shape index (κ2) is 6.70. The van der Waals surface area contributed by atoms with Crippen LogP contribution in [0, 0.1) is 0 Å². The van der Waals surface area contributed by atoms with Gasteiger partial charge in [0.15, 0.2) is 0 Å². The summed E-state index contributed by atoms with van der Waals surface area (Å²) in [5.41, 5.74) is 0.327. The Morgan fingerprint density at radius 1 is 1.40 bits per heavy atom. The van der Waals surface area contributed by atoms with Gasteiger partial charge in [-0.25, -0.2) is 4.79 Å². The smallest absolute Gasteiger partial charge is 0.315 e. The Labute approximate surface area is 119 Å². The van der Waals surface area contributed by atoms with Crippen LogP contribution in [-0.4, -0.2) is 28.3 Å². The average Bonchev–Trinajstić information content (AvgIpc) is 2.91. The minimum absolute atomic E-state index is 0.0313. The van der Waals surface area contributed by atoms with E-state index in [0.717, 1.165) is 37.7 Å². The molecule has 2 rings (SSSR count). The summed E-state index contributed by atoms with van der Waals surface area (Å²) in [5.74, 6) is 0. The van der Waals surface area contributed by atoms with Crippen molar-refractivity contribution in [3.63, 3.8) is 0 Å². The number of nitrogens with zero attached hydrogens (tertiary/aromatic N) is 1. The van der Waals surface area contributed by atoms with E-state index in [1.807, 2.05) is 19.1 Å². The van der Waals surface area contributed by atoms with Gasteiger partial charge in [0.1, 0.15) is 0 Å². The molecule has 1 saturated carbocycles. The maximum atomic E-state index is 11.9. The zero-order valence-electron chi connectivity index (χ0n) is 11.9. The Bertz CT molecular complexity index is 430. The molecule has 1 aliphatic carbocycles. The van der Waals surface area contributed by atoms with Crippen LogP contribution in [0.2, 0.25) is 0 Å². The number of rotatable bonds is 5. The number of carbonyl (C=O) groups excluding carboxylic acids is 1. The number of aromatic nitrogens is 1. The summed E-state index contributed by atoms with van der Waals surface area (Å²) in [6.45, 7) is 2.35. The monoisotopic (exact) mass is 277 g/mol. The van der Waals surface area contributed by atoms with Crippen molar-refractivity contribution in [1.29, 1.82) is 0 Å². The number of nitrogens with one attached hydrogen (secondary N) is 2. The summed E-state index contributed by atoms with van der Waals surface area (Å²) in [6.07, 6.45) is 7.87. The van der Waals surface area contributed by atoms with Gasteiger partial charge in [0.2, 0.25) is 0 Å². The van der Waals surface area contributed by atoms with Gasteiger partial charge in [0, 0.05) is 18.9 Å². The van der Waals surface area contributed by atoms with Gasteiger partial charge in [-0.15, -0.1) is 0 Å². The van der Waals surface area contributed by atoms with Gasteiger partial charge in [-0.05, 0) is 37.0 Å². The normalized spacial score (nSPS) is 18.5. The molecule has 2 amide bonds. The Kier molecular flexibility index (Phi) is 4.95. The van der Waals surface area contributed by atoms with Gasteiger partial charge in [-0.3, -0.25) is 4.98 Å². The van der Waals surface area contributed by atoms with Crippen LogP contribution in [0.3, 0.4) is 0 Å². The highest BCUT2D eigenvalue weighted by Crippen LogP contribution is 2.28. The maximum Gasteiger partial charge on any atom is 0.315 e. The fraction of sp³-hybridized carbons (Fsp3) is 0.600. The fourth-order valence-corrected chi connectivity index (χ4v) is 2.68. The molecule has 1 aromatic rings. The number of hydrogen-bond acceptors (Lipinski definition) is 3. The Morgan fingerprint density at radius 2 is 2.05 bits per heavy atom. The highest BCUT2D eigenvalue weighted by Gasteiger charge is 2.31. The first-order valence-electron chi connectivity index (χ1n) is 7.30. The Hall–Kier alpha value is -1.62. The van der Waals surface area contributed by atoms with Crippen molar-refractivity contribution in [2.45, 2.75) is 50.7 Å². The molecule has 0 aromatic carbocycles. The predicted octanol–water partition coefficient (Wildman–Crippen LogP) is 2.14. The van der Waals surface area contributed by atoms with Crippen molar-refractivity contribution in [3.05, 3.63) is 30.1 Å². The van der Waals surface area contributed by atoms with E-state index < -0.39 is 5.60 Å². The number of urea groups is 1. The first-order valence-corrected chi connectivity index (χ1v) is 7.30. The van der Waals surface area contributed by atoms with Crippen molar-refractivity contribution in [2.75, 3.05) is 6.54 Å². The highest BCUT2D eigenvalue weighted by molar-refractivity contribution is 5.74. The molecule has 0 saturated heterocycles. The van der Waals surface area contributed by atoms with Crippen molar-refractivity contribution in [1.82, 2.24) is 15.6 Å². The van der Waals surface area contributed by atoms with Gasteiger partial charge in [-0.2, -0.15) is 0 Å². The van der Waals surface area contributed by atoms with Crippen LogP contribution in [0.15, 0.2) is 24.5 Å². The van der Waals surface area contributed by atoms with Gasteiger partial charge in [-0.1, -0.05) is 19.8 Å². The van der Waals surface area contributed by atoms with Crippen molar-refractivity contribution >= 4 is 6.03 Å². The minimum atomic E-state index is -0.713. The summed E-state index contributed by atoms with van der Waals surface area (Å²) < 4.78 is 0. The molecule has 0 bridgehead atoms. The predicted molar refractivity (Wildman–Crippen MR) is 77.2 cm³/mol. The molecular weight excluding hydrogens is 254 g/mol. The second-order valence-corrected chi connectivity index (χ2v) is 5.50. The molecule has 5 heteroatoms. The molecule has 1 heterocycles. The van der Waals surface area contributed by atoms with Crippen LogP contribution in [0.25, 0.3) is 0 Å². The second-order valence-electron chi connectivity index (χ2n) is 5.50. The fourth-order valence-electron chi connectivity index (χ4n) is 2.68. The topological polar surface area (TPSA) is 74.2 Å². The first-order chi connectivity index (χ1) is 9.63. The summed E-state index contributed by atoms with van der Waals surface area (Å²) in [5, 5.41) is 15.9. The number of pyridine rings is 1. The first kappa shape index (κ1) is 14.8. The third-order valence-electron chi connectivity index (χ3n) is 3.93. The van der Waals surface area contributed by atoms with Gasteiger partial charge < -0.3 is 15.7 Å². The molecule has 3 N–H and O–H groups in total. The van der Waals surface area contributed by atoms with Crippen LogP contribution in [-0.2, 0) is 0 Å². The molecule has 0 aliphatic heterocycles. The van der Waals surface area contributed by atoms with Crippen LogP contribution >= 0.6 is 0 Å². The van der Waals surface area contributed by atoms with E-state index in [-0.39, 0.29) is 12.1 Å². The minimum Gasteiger partial charge on any atom is -0.388 e. The lowest BCUT2D eigenvalue weighted by Gasteiger charge is -2.24. The van der Waals surface area contributed by atoms with Crippen molar-refractivity contribution in [3.8, 4) is 0 Å². The number of hydrogen-bond donors (Lipinski definition) is 3. The maximum absolute atomic E-state index is 11.9. The highest BCUT2D eigenvalue weighted by atomic mass is 16.3. The molecule has 110 valence electrons. The molecule has 1 aromatic heterocycles. The molecular formula is C15H23N3O2. The molecule has 0 radical (unpaired) electrons. The molecule has 1 unspecified atom stereocenters. The molecule has 1 aliphatic rings. The summed E-state index contributed by atoms with van der Waals surface area (Å²) in [4.78, 5) is 15.9. The van der Waals surface area contributed by atoms with Crippen molar-refractivity contribution < 1.29 is 9.90 Å². The molecule has 20 heavy (non-hydrogen) atoms.